The van der Waals surface area contributed by atoms with Crippen LogP contribution in [-0.4, -0.2) is 33.4 Å². The van der Waals surface area contributed by atoms with Crippen molar-refractivity contribution in [3.63, 3.8) is 0 Å². The Kier molecular flexibility index (Phi) is 6.44. The number of rotatable bonds is 5. The number of fused-ring (bicyclic) bond motifs is 1. The van der Waals surface area contributed by atoms with Gasteiger partial charge in [0.1, 0.15) is 5.82 Å². The standard InChI is InChI=1S/C25H25Cl2FN4O2/c1-5-20(33)31-11-10-25(12-31,22-17(28)7-6-16(26)23(22)27)30-18-8-9-19-21(15(18)4)24(34)32(13-29-19)14(2)3/h5-9,13-14,30H,1,10-12H2,2-4H3. The molecule has 1 aliphatic rings. The lowest BCUT2D eigenvalue weighted by Gasteiger charge is -2.34. The molecule has 9 heteroatoms. The number of anilines is 1. The Morgan fingerprint density at radius 1 is 1.29 bits per heavy atom. The Morgan fingerprint density at radius 2 is 2.03 bits per heavy atom. The maximum absolute atomic E-state index is 15.2. The van der Waals surface area contributed by atoms with Crippen LogP contribution in [0.2, 0.25) is 10.0 Å². The summed E-state index contributed by atoms with van der Waals surface area (Å²) < 4.78 is 16.8. The van der Waals surface area contributed by atoms with Gasteiger partial charge in [-0.15, -0.1) is 0 Å². The number of likely N-dealkylation sites (tertiary alicyclic amines) is 1. The van der Waals surface area contributed by atoms with Gasteiger partial charge in [-0.3, -0.25) is 14.2 Å². The van der Waals surface area contributed by atoms with Gasteiger partial charge >= 0.3 is 0 Å². The number of carbonyl (C=O) groups excluding carboxylic acids is 1. The van der Waals surface area contributed by atoms with Gasteiger partial charge in [0.25, 0.3) is 5.56 Å². The monoisotopic (exact) mass is 502 g/mol. The van der Waals surface area contributed by atoms with Gasteiger partial charge in [-0.25, -0.2) is 9.37 Å². The smallest absolute Gasteiger partial charge is 0.261 e. The van der Waals surface area contributed by atoms with E-state index >= 15 is 4.39 Å². The highest BCUT2D eigenvalue weighted by molar-refractivity contribution is 6.42. The summed E-state index contributed by atoms with van der Waals surface area (Å²) in [6.07, 6.45) is 3.15. The maximum Gasteiger partial charge on any atom is 0.261 e. The van der Waals surface area contributed by atoms with Crippen LogP contribution in [0.15, 0.2) is 48.0 Å². The van der Waals surface area contributed by atoms with E-state index in [1.807, 2.05) is 20.8 Å². The summed E-state index contributed by atoms with van der Waals surface area (Å²) in [5.41, 5.74) is 0.833. The number of benzene rings is 2. The molecule has 1 unspecified atom stereocenters. The second-order valence-corrected chi connectivity index (χ2v) is 9.61. The van der Waals surface area contributed by atoms with Crippen molar-refractivity contribution in [2.45, 2.75) is 38.8 Å². The van der Waals surface area contributed by atoms with Crippen LogP contribution < -0.4 is 10.9 Å². The number of aryl methyl sites for hydroxylation is 1. The van der Waals surface area contributed by atoms with Crippen LogP contribution in [0.1, 0.15) is 37.4 Å². The number of halogens is 3. The number of hydrogen-bond acceptors (Lipinski definition) is 4. The second-order valence-electron chi connectivity index (χ2n) is 8.82. The summed E-state index contributed by atoms with van der Waals surface area (Å²) in [5.74, 6) is -0.793. The number of aromatic nitrogens is 2. The predicted octanol–water partition coefficient (Wildman–Crippen LogP) is 5.46. The molecular weight excluding hydrogens is 478 g/mol. The number of carbonyl (C=O) groups is 1. The Labute approximate surface area is 207 Å². The Morgan fingerprint density at radius 3 is 2.71 bits per heavy atom. The Bertz CT molecular complexity index is 1370. The molecule has 1 aliphatic heterocycles. The van der Waals surface area contributed by atoms with Crippen molar-refractivity contribution in [1.82, 2.24) is 14.5 Å². The van der Waals surface area contributed by atoms with Crippen molar-refractivity contribution in [3.05, 3.63) is 80.6 Å². The van der Waals surface area contributed by atoms with Crippen LogP contribution in [0.4, 0.5) is 10.1 Å². The van der Waals surface area contributed by atoms with E-state index in [9.17, 15) is 9.59 Å². The summed E-state index contributed by atoms with van der Waals surface area (Å²) in [6, 6.07) is 6.17. The molecule has 2 aromatic carbocycles. The third-order valence-corrected chi connectivity index (χ3v) is 7.23. The lowest BCUT2D eigenvalue weighted by Crippen LogP contribution is -2.41. The summed E-state index contributed by atoms with van der Waals surface area (Å²) in [4.78, 5) is 31.6. The minimum atomic E-state index is -1.07. The minimum absolute atomic E-state index is 0.0561. The van der Waals surface area contributed by atoms with Crippen LogP contribution in [0, 0.1) is 12.7 Å². The predicted molar refractivity (Wildman–Crippen MR) is 134 cm³/mol. The molecule has 0 saturated carbocycles. The van der Waals surface area contributed by atoms with Crippen LogP contribution in [-0.2, 0) is 10.3 Å². The normalized spacial score (nSPS) is 18.0. The number of hydrogen-bond donors (Lipinski definition) is 1. The van der Waals surface area contributed by atoms with Crippen molar-refractivity contribution in [1.29, 1.82) is 0 Å². The van der Waals surface area contributed by atoms with Crippen LogP contribution in [0.3, 0.4) is 0 Å². The zero-order chi connectivity index (χ0) is 24.8. The Balaban J connectivity index is 1.90. The van der Waals surface area contributed by atoms with E-state index in [0.717, 1.165) is 0 Å². The molecule has 2 heterocycles. The molecule has 0 radical (unpaired) electrons. The largest absolute Gasteiger partial charge is 0.373 e. The average molecular weight is 503 g/mol. The van der Waals surface area contributed by atoms with Crippen LogP contribution in [0.5, 0.6) is 0 Å². The fourth-order valence-electron chi connectivity index (χ4n) is 4.60. The lowest BCUT2D eigenvalue weighted by molar-refractivity contribution is -0.125. The summed E-state index contributed by atoms with van der Waals surface area (Å²) in [7, 11) is 0. The van der Waals surface area contributed by atoms with Gasteiger partial charge in [-0.05, 0) is 63.1 Å². The first kappa shape index (κ1) is 24.2. The lowest BCUT2D eigenvalue weighted by atomic mass is 9.87. The van der Waals surface area contributed by atoms with Crippen molar-refractivity contribution in [3.8, 4) is 0 Å². The SMILES string of the molecule is C=CC(=O)N1CCC(Nc2ccc3ncn(C(C)C)c(=O)c3c2C)(c2c(F)ccc(Cl)c2Cl)C1. The highest BCUT2D eigenvalue weighted by atomic mass is 35.5. The van der Waals surface area contributed by atoms with Gasteiger partial charge in [0.2, 0.25) is 5.91 Å². The van der Waals surface area contributed by atoms with Crippen molar-refractivity contribution < 1.29 is 9.18 Å². The zero-order valence-electron chi connectivity index (χ0n) is 19.2. The van der Waals surface area contributed by atoms with Gasteiger partial charge < -0.3 is 10.2 Å². The van der Waals surface area contributed by atoms with E-state index in [-0.39, 0.29) is 39.7 Å². The van der Waals surface area contributed by atoms with Gasteiger partial charge in [0, 0.05) is 30.4 Å². The van der Waals surface area contributed by atoms with Gasteiger partial charge in [-0.2, -0.15) is 0 Å². The molecule has 4 rings (SSSR count). The molecule has 1 atom stereocenters. The first-order chi connectivity index (χ1) is 16.1. The van der Waals surface area contributed by atoms with E-state index < -0.39 is 11.4 Å². The molecule has 178 valence electrons. The van der Waals surface area contributed by atoms with Gasteiger partial charge in [-0.1, -0.05) is 29.8 Å². The molecule has 1 saturated heterocycles. The van der Waals surface area contributed by atoms with Gasteiger partial charge in [0.15, 0.2) is 0 Å². The van der Waals surface area contributed by atoms with Crippen LogP contribution >= 0.6 is 23.2 Å². The molecule has 34 heavy (non-hydrogen) atoms. The fourth-order valence-corrected chi connectivity index (χ4v) is 5.09. The second kappa shape index (κ2) is 9.04. The van der Waals surface area contributed by atoms with E-state index in [1.54, 1.807) is 27.9 Å². The number of nitrogens with one attached hydrogen (secondary N) is 1. The summed E-state index contributed by atoms with van der Waals surface area (Å²) in [6.45, 7) is 9.73. The van der Waals surface area contributed by atoms with E-state index in [2.05, 4.69) is 16.9 Å². The highest BCUT2D eigenvalue weighted by Crippen LogP contribution is 2.43. The molecule has 0 aliphatic carbocycles. The molecule has 1 N–H and O–H groups in total. The first-order valence-corrected chi connectivity index (χ1v) is 11.7. The number of amides is 1. The molecule has 1 fully saturated rings. The summed E-state index contributed by atoms with van der Waals surface area (Å²) >= 11 is 12.8. The molecule has 1 amide bonds. The first-order valence-electron chi connectivity index (χ1n) is 10.9. The third kappa shape index (κ3) is 3.97. The Hall–Kier alpha value is -2.90. The molecular formula is C25H25Cl2FN4O2. The zero-order valence-corrected chi connectivity index (χ0v) is 20.7. The van der Waals surface area contributed by atoms with Crippen molar-refractivity contribution in [2.24, 2.45) is 0 Å². The highest BCUT2D eigenvalue weighted by Gasteiger charge is 2.44. The topological polar surface area (TPSA) is 67.2 Å². The minimum Gasteiger partial charge on any atom is -0.373 e. The fraction of sp³-hybridized carbons (Fsp3) is 0.320. The van der Waals surface area contributed by atoms with E-state index in [1.165, 1.54) is 18.2 Å². The average Bonchev–Trinajstić information content (AvgIpc) is 3.22. The summed E-state index contributed by atoms with van der Waals surface area (Å²) in [5, 5.41) is 4.22. The van der Waals surface area contributed by atoms with E-state index in [4.69, 9.17) is 23.2 Å². The molecule has 3 aromatic rings. The maximum atomic E-state index is 15.2. The molecule has 6 nitrogen and oxygen atoms in total. The van der Waals surface area contributed by atoms with Crippen molar-refractivity contribution >= 4 is 45.7 Å². The van der Waals surface area contributed by atoms with Gasteiger partial charge in [0.05, 0.1) is 32.8 Å². The quantitative estimate of drug-likeness (QED) is 0.371. The number of nitrogens with zero attached hydrogens (tertiary/aromatic N) is 3. The van der Waals surface area contributed by atoms with E-state index in [0.29, 0.717) is 35.1 Å². The van der Waals surface area contributed by atoms with Crippen LogP contribution in [0.25, 0.3) is 10.9 Å². The van der Waals surface area contributed by atoms with Crippen molar-refractivity contribution in [2.75, 3.05) is 18.4 Å². The molecule has 0 bridgehead atoms. The molecule has 0 spiro atoms. The third-order valence-electron chi connectivity index (χ3n) is 6.42. The molecule has 1 aromatic heterocycles.